The monoisotopic (exact) mass is 216 g/mol. The van der Waals surface area contributed by atoms with Crippen molar-refractivity contribution < 1.29 is 4.79 Å². The zero-order chi connectivity index (χ0) is 11.5. The molecule has 1 atom stereocenters. The Balaban J connectivity index is 4.39. The minimum absolute atomic E-state index is 0.0140. The van der Waals surface area contributed by atoms with Crippen molar-refractivity contribution in [3.05, 3.63) is 0 Å². The van der Waals surface area contributed by atoms with E-state index in [2.05, 4.69) is 20.8 Å². The van der Waals surface area contributed by atoms with Gasteiger partial charge in [-0.05, 0) is 12.3 Å². The maximum absolute atomic E-state index is 11.6. The maximum Gasteiger partial charge on any atom is 0.229 e. The van der Waals surface area contributed by atoms with Crippen molar-refractivity contribution in [3.8, 4) is 0 Å². The normalized spacial score (nSPS) is 13.5. The lowest BCUT2D eigenvalue weighted by Crippen LogP contribution is -2.43. The lowest BCUT2D eigenvalue weighted by molar-refractivity contribution is -0.132. The van der Waals surface area contributed by atoms with Crippen LogP contribution in [-0.4, -0.2) is 28.9 Å². The molecule has 0 aliphatic rings. The molecule has 0 aromatic rings. The van der Waals surface area contributed by atoms with E-state index in [9.17, 15) is 4.79 Å². The fourth-order valence-corrected chi connectivity index (χ4v) is 1.19. The molecule has 2 N–H and O–H groups in total. The quantitative estimate of drug-likeness (QED) is 0.728. The van der Waals surface area contributed by atoms with E-state index in [1.807, 2.05) is 6.92 Å². The SMILES string of the molecule is CC(N(C)C(=O)CC(N)=S)C(C)(C)C. The molecule has 4 heteroatoms. The molecule has 82 valence electrons. The number of rotatable bonds is 3. The van der Waals surface area contributed by atoms with E-state index >= 15 is 0 Å². The van der Waals surface area contributed by atoms with Crippen LogP contribution in [0.1, 0.15) is 34.1 Å². The Kier molecular flexibility index (Phi) is 4.52. The molecule has 0 heterocycles. The molecule has 0 saturated carbocycles. The summed E-state index contributed by atoms with van der Waals surface area (Å²) in [5.74, 6) is -0.0140. The highest BCUT2D eigenvalue weighted by molar-refractivity contribution is 7.80. The van der Waals surface area contributed by atoms with Crippen molar-refractivity contribution in [1.82, 2.24) is 4.90 Å². The molecule has 0 fully saturated rings. The predicted molar refractivity (Wildman–Crippen MR) is 63.1 cm³/mol. The summed E-state index contributed by atoms with van der Waals surface area (Å²) in [6.07, 6.45) is 0.159. The molecule has 14 heavy (non-hydrogen) atoms. The van der Waals surface area contributed by atoms with Crippen LogP contribution in [0.4, 0.5) is 0 Å². The van der Waals surface area contributed by atoms with Gasteiger partial charge in [-0.2, -0.15) is 0 Å². The van der Waals surface area contributed by atoms with Gasteiger partial charge in [-0.25, -0.2) is 0 Å². The Labute approximate surface area is 91.6 Å². The average Bonchev–Trinajstić information content (AvgIpc) is 1.98. The molecule has 0 radical (unpaired) electrons. The van der Waals surface area contributed by atoms with Gasteiger partial charge in [0.2, 0.25) is 5.91 Å². The van der Waals surface area contributed by atoms with Gasteiger partial charge in [-0.1, -0.05) is 33.0 Å². The molecule has 0 aliphatic carbocycles. The van der Waals surface area contributed by atoms with Crippen molar-refractivity contribution in [3.63, 3.8) is 0 Å². The van der Waals surface area contributed by atoms with Crippen LogP contribution in [0.2, 0.25) is 0 Å². The van der Waals surface area contributed by atoms with Crippen LogP contribution in [0, 0.1) is 5.41 Å². The summed E-state index contributed by atoms with van der Waals surface area (Å²) in [4.78, 5) is 13.6. The highest BCUT2D eigenvalue weighted by Gasteiger charge is 2.26. The highest BCUT2D eigenvalue weighted by atomic mass is 32.1. The summed E-state index contributed by atoms with van der Waals surface area (Å²) >= 11 is 4.70. The van der Waals surface area contributed by atoms with Gasteiger partial charge in [0.05, 0.1) is 11.4 Å². The van der Waals surface area contributed by atoms with Gasteiger partial charge in [0.1, 0.15) is 0 Å². The largest absolute Gasteiger partial charge is 0.393 e. The lowest BCUT2D eigenvalue weighted by Gasteiger charge is -2.35. The molecule has 1 amide bonds. The fourth-order valence-electron chi connectivity index (χ4n) is 1.07. The third-order valence-corrected chi connectivity index (χ3v) is 2.70. The smallest absolute Gasteiger partial charge is 0.229 e. The fraction of sp³-hybridized carbons (Fsp3) is 0.800. The van der Waals surface area contributed by atoms with Crippen LogP contribution in [-0.2, 0) is 4.79 Å². The molecular weight excluding hydrogens is 196 g/mol. The van der Waals surface area contributed by atoms with Crippen LogP contribution < -0.4 is 5.73 Å². The Bertz CT molecular complexity index is 233. The van der Waals surface area contributed by atoms with Crippen molar-refractivity contribution in [2.24, 2.45) is 11.1 Å². The van der Waals surface area contributed by atoms with Gasteiger partial charge in [0.15, 0.2) is 0 Å². The molecule has 0 rings (SSSR count). The van der Waals surface area contributed by atoms with E-state index in [-0.39, 0.29) is 28.8 Å². The molecular formula is C10H20N2OS. The van der Waals surface area contributed by atoms with Gasteiger partial charge in [0.25, 0.3) is 0 Å². The zero-order valence-corrected chi connectivity index (χ0v) is 10.4. The van der Waals surface area contributed by atoms with E-state index in [1.54, 1.807) is 11.9 Å². The van der Waals surface area contributed by atoms with E-state index in [1.165, 1.54) is 0 Å². The minimum atomic E-state index is -0.0140. The molecule has 0 spiro atoms. The molecule has 0 aliphatic heterocycles. The van der Waals surface area contributed by atoms with E-state index < -0.39 is 0 Å². The first-order valence-corrected chi connectivity index (χ1v) is 5.11. The third-order valence-electron chi connectivity index (χ3n) is 2.55. The molecule has 0 saturated heterocycles. The Morgan fingerprint density at radius 2 is 1.93 bits per heavy atom. The number of carbonyl (C=O) groups excluding carboxylic acids is 1. The minimum Gasteiger partial charge on any atom is -0.393 e. The summed E-state index contributed by atoms with van der Waals surface area (Å²) < 4.78 is 0. The summed E-state index contributed by atoms with van der Waals surface area (Å²) in [6.45, 7) is 8.32. The van der Waals surface area contributed by atoms with E-state index in [0.717, 1.165) is 0 Å². The molecule has 0 aromatic carbocycles. The standard InChI is InChI=1S/C10H20N2OS/c1-7(10(2,3)4)12(5)9(13)6-8(11)14/h7H,6H2,1-5H3,(H2,11,14). The van der Waals surface area contributed by atoms with Gasteiger partial charge in [0, 0.05) is 13.1 Å². The topological polar surface area (TPSA) is 46.3 Å². The van der Waals surface area contributed by atoms with Crippen molar-refractivity contribution >= 4 is 23.1 Å². The lowest BCUT2D eigenvalue weighted by atomic mass is 9.87. The average molecular weight is 216 g/mol. The van der Waals surface area contributed by atoms with Crippen LogP contribution in [0.5, 0.6) is 0 Å². The predicted octanol–water partition coefficient (Wildman–Crippen LogP) is 1.56. The first-order valence-electron chi connectivity index (χ1n) is 4.70. The van der Waals surface area contributed by atoms with Gasteiger partial charge >= 0.3 is 0 Å². The number of hydrogen-bond acceptors (Lipinski definition) is 2. The van der Waals surface area contributed by atoms with Gasteiger partial charge in [-0.15, -0.1) is 0 Å². The van der Waals surface area contributed by atoms with Crippen LogP contribution >= 0.6 is 12.2 Å². The second-order valence-corrected chi connectivity index (χ2v) is 5.21. The van der Waals surface area contributed by atoms with Crippen LogP contribution in [0.25, 0.3) is 0 Å². The maximum atomic E-state index is 11.6. The molecule has 1 unspecified atom stereocenters. The second-order valence-electron chi connectivity index (χ2n) is 4.69. The number of nitrogens with two attached hydrogens (primary N) is 1. The molecule has 0 bridgehead atoms. The number of hydrogen-bond donors (Lipinski definition) is 1. The Morgan fingerprint density at radius 3 is 2.21 bits per heavy atom. The van der Waals surface area contributed by atoms with E-state index in [4.69, 9.17) is 18.0 Å². The Morgan fingerprint density at radius 1 is 1.50 bits per heavy atom. The van der Waals surface area contributed by atoms with E-state index in [0.29, 0.717) is 0 Å². The Hall–Kier alpha value is -0.640. The third kappa shape index (κ3) is 4.05. The second kappa shape index (κ2) is 4.73. The summed E-state index contributed by atoms with van der Waals surface area (Å²) in [5, 5.41) is 0. The molecule has 3 nitrogen and oxygen atoms in total. The number of carbonyl (C=O) groups is 1. The highest BCUT2D eigenvalue weighted by Crippen LogP contribution is 2.23. The summed E-state index contributed by atoms with van der Waals surface area (Å²) in [6, 6.07) is 0.171. The number of nitrogens with zero attached hydrogens (tertiary/aromatic N) is 1. The first kappa shape index (κ1) is 13.4. The van der Waals surface area contributed by atoms with Gasteiger partial charge in [-0.3, -0.25) is 4.79 Å². The zero-order valence-electron chi connectivity index (χ0n) is 9.63. The summed E-state index contributed by atoms with van der Waals surface area (Å²) in [5.41, 5.74) is 5.39. The van der Waals surface area contributed by atoms with Crippen LogP contribution in [0.15, 0.2) is 0 Å². The first-order chi connectivity index (χ1) is 6.16. The molecule has 0 aromatic heterocycles. The van der Waals surface area contributed by atoms with Crippen molar-refractivity contribution in [2.45, 2.75) is 40.2 Å². The van der Waals surface area contributed by atoms with Gasteiger partial charge < -0.3 is 10.6 Å². The number of amides is 1. The van der Waals surface area contributed by atoms with Crippen molar-refractivity contribution in [2.75, 3.05) is 7.05 Å². The van der Waals surface area contributed by atoms with Crippen LogP contribution in [0.3, 0.4) is 0 Å². The van der Waals surface area contributed by atoms with Crippen molar-refractivity contribution in [1.29, 1.82) is 0 Å². The summed E-state index contributed by atoms with van der Waals surface area (Å²) in [7, 11) is 1.79. The number of thiocarbonyl (C=S) groups is 1.